The van der Waals surface area contributed by atoms with Gasteiger partial charge in [0.1, 0.15) is 17.5 Å². The largest absolute Gasteiger partial charge is 0.370 e. The Morgan fingerprint density at radius 3 is 2.72 bits per heavy atom. The zero-order valence-corrected chi connectivity index (χ0v) is 11.5. The Kier molecular flexibility index (Phi) is 4.15. The molecule has 0 aliphatic carbocycles. The monoisotopic (exact) mass is 309 g/mol. The van der Waals surface area contributed by atoms with Crippen LogP contribution in [0.3, 0.4) is 0 Å². The van der Waals surface area contributed by atoms with E-state index in [9.17, 15) is 4.39 Å². The standard InChI is InChI=1S/C13H13BrFN3/c1-2-16-12-4-3-5-13(18-12)17-11-7-6-9(15)8-10(11)14/h3-8H,2H2,1H3,(H2,16,17,18). The summed E-state index contributed by atoms with van der Waals surface area (Å²) in [5.74, 6) is 1.24. The highest BCUT2D eigenvalue weighted by molar-refractivity contribution is 9.10. The predicted octanol–water partition coefficient (Wildman–Crippen LogP) is 4.16. The summed E-state index contributed by atoms with van der Waals surface area (Å²) in [5, 5.41) is 6.27. The van der Waals surface area contributed by atoms with Gasteiger partial charge in [-0.1, -0.05) is 6.07 Å². The molecule has 0 amide bonds. The van der Waals surface area contributed by atoms with Crippen LogP contribution in [-0.4, -0.2) is 11.5 Å². The van der Waals surface area contributed by atoms with E-state index in [2.05, 4.69) is 31.5 Å². The number of nitrogens with zero attached hydrogens (tertiary/aromatic N) is 1. The van der Waals surface area contributed by atoms with Crippen molar-refractivity contribution < 1.29 is 4.39 Å². The summed E-state index contributed by atoms with van der Waals surface area (Å²) >= 11 is 3.31. The smallest absolute Gasteiger partial charge is 0.132 e. The highest BCUT2D eigenvalue weighted by Crippen LogP contribution is 2.26. The van der Waals surface area contributed by atoms with Crippen LogP contribution in [0.15, 0.2) is 40.9 Å². The fourth-order valence-electron chi connectivity index (χ4n) is 1.51. The Labute approximate surface area is 114 Å². The minimum Gasteiger partial charge on any atom is -0.370 e. The molecule has 0 aliphatic rings. The summed E-state index contributed by atoms with van der Waals surface area (Å²) in [4.78, 5) is 4.38. The van der Waals surface area contributed by atoms with Crippen LogP contribution >= 0.6 is 15.9 Å². The number of halogens is 2. The molecule has 0 spiro atoms. The van der Waals surface area contributed by atoms with Crippen molar-refractivity contribution in [3.63, 3.8) is 0 Å². The third-order valence-electron chi connectivity index (χ3n) is 2.30. The number of anilines is 3. The lowest BCUT2D eigenvalue weighted by molar-refractivity contribution is 0.627. The Morgan fingerprint density at radius 1 is 1.22 bits per heavy atom. The number of hydrogen-bond donors (Lipinski definition) is 2. The molecule has 3 nitrogen and oxygen atoms in total. The van der Waals surface area contributed by atoms with E-state index in [1.807, 2.05) is 25.1 Å². The maximum atomic E-state index is 13.0. The molecule has 2 aromatic rings. The van der Waals surface area contributed by atoms with Crippen molar-refractivity contribution in [3.8, 4) is 0 Å². The second kappa shape index (κ2) is 5.82. The third-order valence-corrected chi connectivity index (χ3v) is 2.96. The number of benzene rings is 1. The first kappa shape index (κ1) is 12.8. The first-order chi connectivity index (χ1) is 8.69. The lowest BCUT2D eigenvalue weighted by Gasteiger charge is -2.09. The van der Waals surface area contributed by atoms with E-state index in [1.54, 1.807) is 6.07 Å². The van der Waals surface area contributed by atoms with Crippen LogP contribution < -0.4 is 10.6 Å². The van der Waals surface area contributed by atoms with Crippen molar-refractivity contribution in [1.29, 1.82) is 0 Å². The fraction of sp³-hybridized carbons (Fsp3) is 0.154. The minimum absolute atomic E-state index is 0.276. The van der Waals surface area contributed by atoms with Gasteiger partial charge in [-0.2, -0.15) is 0 Å². The molecule has 0 aliphatic heterocycles. The molecule has 2 rings (SSSR count). The summed E-state index contributed by atoms with van der Waals surface area (Å²) < 4.78 is 13.6. The maximum absolute atomic E-state index is 13.0. The molecule has 1 aromatic heterocycles. The van der Waals surface area contributed by atoms with E-state index in [4.69, 9.17) is 0 Å². The summed E-state index contributed by atoms with van der Waals surface area (Å²) in [5.41, 5.74) is 0.776. The number of pyridine rings is 1. The van der Waals surface area contributed by atoms with Crippen molar-refractivity contribution in [3.05, 3.63) is 46.7 Å². The second-order valence-corrected chi connectivity index (χ2v) is 4.54. The van der Waals surface area contributed by atoms with Crippen LogP contribution in [0, 0.1) is 5.82 Å². The van der Waals surface area contributed by atoms with Gasteiger partial charge in [0.15, 0.2) is 0 Å². The van der Waals surface area contributed by atoms with Crippen molar-refractivity contribution in [2.45, 2.75) is 6.92 Å². The minimum atomic E-state index is -0.276. The topological polar surface area (TPSA) is 37.0 Å². The van der Waals surface area contributed by atoms with Crippen molar-refractivity contribution >= 4 is 33.3 Å². The average Bonchev–Trinajstić information content (AvgIpc) is 2.34. The molecular formula is C13H13BrFN3. The Hall–Kier alpha value is -1.62. The molecule has 0 fully saturated rings. The van der Waals surface area contributed by atoms with Crippen LogP contribution in [0.4, 0.5) is 21.7 Å². The zero-order chi connectivity index (χ0) is 13.0. The maximum Gasteiger partial charge on any atom is 0.132 e. The van der Waals surface area contributed by atoms with Crippen molar-refractivity contribution in [2.75, 3.05) is 17.2 Å². The van der Waals surface area contributed by atoms with Gasteiger partial charge in [0.25, 0.3) is 0 Å². The fourth-order valence-corrected chi connectivity index (χ4v) is 1.96. The van der Waals surface area contributed by atoms with Gasteiger partial charge in [0.2, 0.25) is 0 Å². The van der Waals surface area contributed by atoms with E-state index in [-0.39, 0.29) is 5.82 Å². The van der Waals surface area contributed by atoms with Crippen LogP contribution in [0.25, 0.3) is 0 Å². The summed E-state index contributed by atoms with van der Waals surface area (Å²) in [7, 11) is 0. The highest BCUT2D eigenvalue weighted by atomic mass is 79.9. The predicted molar refractivity (Wildman–Crippen MR) is 75.8 cm³/mol. The first-order valence-electron chi connectivity index (χ1n) is 5.62. The first-order valence-corrected chi connectivity index (χ1v) is 6.41. The Bertz CT molecular complexity index is 546. The zero-order valence-electron chi connectivity index (χ0n) is 9.87. The lowest BCUT2D eigenvalue weighted by atomic mass is 10.3. The molecule has 0 saturated carbocycles. The Balaban J connectivity index is 2.20. The van der Waals surface area contributed by atoms with Gasteiger partial charge in [-0.3, -0.25) is 0 Å². The molecule has 0 saturated heterocycles. The number of nitrogens with one attached hydrogen (secondary N) is 2. The number of aromatic nitrogens is 1. The molecule has 0 radical (unpaired) electrons. The molecule has 0 bridgehead atoms. The Morgan fingerprint density at radius 2 is 2.00 bits per heavy atom. The van der Waals surface area contributed by atoms with E-state index < -0.39 is 0 Å². The van der Waals surface area contributed by atoms with E-state index in [1.165, 1.54) is 12.1 Å². The molecule has 2 N–H and O–H groups in total. The van der Waals surface area contributed by atoms with Crippen LogP contribution in [0.1, 0.15) is 6.92 Å². The van der Waals surface area contributed by atoms with E-state index in [0.29, 0.717) is 10.3 Å². The van der Waals surface area contributed by atoms with Gasteiger partial charge in [-0.15, -0.1) is 0 Å². The van der Waals surface area contributed by atoms with Gasteiger partial charge >= 0.3 is 0 Å². The van der Waals surface area contributed by atoms with Gasteiger partial charge in [0, 0.05) is 11.0 Å². The van der Waals surface area contributed by atoms with Crippen LogP contribution in [0.5, 0.6) is 0 Å². The van der Waals surface area contributed by atoms with Gasteiger partial charge in [-0.25, -0.2) is 9.37 Å². The SMILES string of the molecule is CCNc1cccc(Nc2ccc(F)cc2Br)n1. The molecule has 18 heavy (non-hydrogen) atoms. The van der Waals surface area contributed by atoms with Gasteiger partial charge < -0.3 is 10.6 Å². The molecule has 1 heterocycles. The average molecular weight is 310 g/mol. The van der Waals surface area contributed by atoms with Gasteiger partial charge in [-0.05, 0) is 53.2 Å². The quantitative estimate of drug-likeness (QED) is 0.890. The number of rotatable bonds is 4. The third kappa shape index (κ3) is 3.20. The molecule has 0 atom stereocenters. The number of hydrogen-bond acceptors (Lipinski definition) is 3. The molecule has 1 aromatic carbocycles. The van der Waals surface area contributed by atoms with Gasteiger partial charge in [0.05, 0.1) is 5.69 Å². The second-order valence-electron chi connectivity index (χ2n) is 3.69. The van der Waals surface area contributed by atoms with Crippen LogP contribution in [-0.2, 0) is 0 Å². The molecule has 0 unspecified atom stereocenters. The van der Waals surface area contributed by atoms with Crippen molar-refractivity contribution in [1.82, 2.24) is 4.98 Å². The molecular weight excluding hydrogens is 297 g/mol. The normalized spacial score (nSPS) is 10.2. The van der Waals surface area contributed by atoms with Crippen LogP contribution in [0.2, 0.25) is 0 Å². The highest BCUT2D eigenvalue weighted by Gasteiger charge is 2.03. The summed E-state index contributed by atoms with van der Waals surface area (Å²) in [6.45, 7) is 2.83. The summed E-state index contributed by atoms with van der Waals surface area (Å²) in [6.07, 6.45) is 0. The molecule has 94 valence electrons. The van der Waals surface area contributed by atoms with E-state index >= 15 is 0 Å². The summed E-state index contributed by atoms with van der Waals surface area (Å²) in [6, 6.07) is 10.1. The van der Waals surface area contributed by atoms with Crippen molar-refractivity contribution in [2.24, 2.45) is 0 Å². The lowest BCUT2D eigenvalue weighted by Crippen LogP contribution is -2.01. The van der Waals surface area contributed by atoms with E-state index in [0.717, 1.165) is 18.1 Å². The molecule has 5 heteroatoms.